The van der Waals surface area contributed by atoms with Crippen LogP contribution in [0.4, 0.5) is 0 Å². The molecule has 0 radical (unpaired) electrons. The van der Waals surface area contributed by atoms with Crippen molar-refractivity contribution in [3.63, 3.8) is 0 Å². The average molecular weight is 194 g/mol. The van der Waals surface area contributed by atoms with Gasteiger partial charge < -0.3 is 0 Å². The molecule has 0 aliphatic rings. The van der Waals surface area contributed by atoms with Crippen molar-refractivity contribution in [3.05, 3.63) is 24.3 Å². The van der Waals surface area contributed by atoms with E-state index >= 15 is 0 Å². The summed E-state index contributed by atoms with van der Waals surface area (Å²) in [5.41, 5.74) is 1.36. The first-order valence-electron chi connectivity index (χ1n) is 5.32. The van der Waals surface area contributed by atoms with Gasteiger partial charge in [0.05, 0.1) is 0 Å². The quantitative estimate of drug-likeness (QED) is 0.562. The van der Waals surface area contributed by atoms with Crippen molar-refractivity contribution in [2.75, 3.05) is 0 Å². The molecule has 80 valence electrons. The van der Waals surface area contributed by atoms with Gasteiger partial charge in [0.1, 0.15) is 5.78 Å². The minimum atomic E-state index is 0.310. The molecule has 0 saturated carbocycles. The molecule has 0 heterocycles. The first kappa shape index (κ1) is 13.2. The second kappa shape index (κ2) is 7.54. The van der Waals surface area contributed by atoms with Crippen LogP contribution in [0.25, 0.3) is 0 Å². The zero-order chi connectivity index (χ0) is 11.0. The Bertz CT molecular complexity index is 209. The molecule has 0 aromatic heterocycles. The van der Waals surface area contributed by atoms with Gasteiger partial charge in [0.2, 0.25) is 0 Å². The fourth-order valence-corrected chi connectivity index (χ4v) is 1.39. The molecule has 0 rings (SSSR count). The number of allylic oxidation sites excluding steroid dienone is 3. The number of hydrogen-bond acceptors (Lipinski definition) is 1. The largest absolute Gasteiger partial charge is 0.299 e. The molecule has 1 heteroatoms. The topological polar surface area (TPSA) is 17.1 Å². The van der Waals surface area contributed by atoms with E-state index in [1.54, 1.807) is 6.08 Å². The molecule has 1 unspecified atom stereocenters. The molecular formula is C13H22O. The van der Waals surface area contributed by atoms with Crippen molar-refractivity contribution in [1.29, 1.82) is 0 Å². The van der Waals surface area contributed by atoms with Crippen molar-refractivity contribution in [3.8, 4) is 0 Å². The van der Waals surface area contributed by atoms with Gasteiger partial charge in [0.15, 0.2) is 0 Å². The molecule has 0 bridgehead atoms. The molecule has 0 N–H and O–H groups in total. The lowest BCUT2D eigenvalue weighted by atomic mass is 9.97. The van der Waals surface area contributed by atoms with Crippen LogP contribution in [-0.2, 0) is 4.79 Å². The van der Waals surface area contributed by atoms with Gasteiger partial charge >= 0.3 is 0 Å². The van der Waals surface area contributed by atoms with Gasteiger partial charge in [0.25, 0.3) is 0 Å². The van der Waals surface area contributed by atoms with Crippen LogP contribution in [0.15, 0.2) is 24.3 Å². The zero-order valence-electron chi connectivity index (χ0n) is 9.68. The highest BCUT2D eigenvalue weighted by Crippen LogP contribution is 2.13. The molecule has 0 aromatic carbocycles. The molecular weight excluding hydrogens is 172 g/mol. The second-order valence-corrected chi connectivity index (χ2v) is 4.20. The Morgan fingerprint density at radius 2 is 2.07 bits per heavy atom. The summed E-state index contributed by atoms with van der Waals surface area (Å²) in [4.78, 5) is 11.3. The molecule has 0 fully saturated rings. The molecule has 0 saturated heterocycles. The number of rotatable bonds is 7. The predicted octanol–water partition coefficient (Wildman–Crippen LogP) is 3.90. The third-order valence-electron chi connectivity index (χ3n) is 2.16. The summed E-state index contributed by atoms with van der Waals surface area (Å²) in [5, 5.41) is 0. The summed E-state index contributed by atoms with van der Waals surface area (Å²) in [6.07, 6.45) is 7.33. The van der Waals surface area contributed by atoms with Crippen LogP contribution in [-0.4, -0.2) is 5.78 Å². The molecule has 0 aliphatic heterocycles. The SMILES string of the molecule is C=CCC(=O)CC(C)CCC=C(C)C. The molecule has 14 heavy (non-hydrogen) atoms. The van der Waals surface area contributed by atoms with Gasteiger partial charge in [-0.3, -0.25) is 4.79 Å². The summed E-state index contributed by atoms with van der Waals surface area (Å²) in [6, 6.07) is 0. The maximum Gasteiger partial charge on any atom is 0.136 e. The van der Waals surface area contributed by atoms with Crippen LogP contribution in [0.3, 0.4) is 0 Å². The van der Waals surface area contributed by atoms with Gasteiger partial charge in [0, 0.05) is 12.8 Å². The van der Waals surface area contributed by atoms with Crippen LogP contribution in [0.5, 0.6) is 0 Å². The lowest BCUT2D eigenvalue weighted by Crippen LogP contribution is -2.04. The van der Waals surface area contributed by atoms with Crippen LogP contribution in [0.1, 0.15) is 46.5 Å². The smallest absolute Gasteiger partial charge is 0.136 e. The Hall–Kier alpha value is -0.850. The van der Waals surface area contributed by atoms with Crippen molar-refractivity contribution in [1.82, 2.24) is 0 Å². The Morgan fingerprint density at radius 3 is 2.57 bits per heavy atom. The molecule has 0 aromatic rings. The Balaban J connectivity index is 3.64. The Morgan fingerprint density at radius 1 is 1.43 bits per heavy atom. The minimum absolute atomic E-state index is 0.310. The molecule has 1 nitrogen and oxygen atoms in total. The number of ketones is 1. The van der Waals surface area contributed by atoms with Gasteiger partial charge in [-0.25, -0.2) is 0 Å². The van der Waals surface area contributed by atoms with E-state index < -0.39 is 0 Å². The minimum Gasteiger partial charge on any atom is -0.299 e. The first-order valence-corrected chi connectivity index (χ1v) is 5.32. The van der Waals surface area contributed by atoms with Crippen molar-refractivity contribution in [2.45, 2.75) is 46.5 Å². The summed E-state index contributed by atoms with van der Waals surface area (Å²) in [7, 11) is 0. The number of hydrogen-bond donors (Lipinski definition) is 0. The van der Waals surface area contributed by atoms with Gasteiger partial charge in [-0.1, -0.05) is 24.6 Å². The zero-order valence-corrected chi connectivity index (χ0v) is 9.68. The second-order valence-electron chi connectivity index (χ2n) is 4.20. The lowest BCUT2D eigenvalue weighted by Gasteiger charge is -2.07. The normalized spacial score (nSPS) is 11.9. The molecule has 0 aliphatic carbocycles. The highest BCUT2D eigenvalue weighted by Gasteiger charge is 2.06. The fourth-order valence-electron chi connectivity index (χ4n) is 1.39. The third kappa shape index (κ3) is 7.78. The fraction of sp³-hybridized carbons (Fsp3) is 0.615. The van der Waals surface area contributed by atoms with E-state index in [2.05, 4.69) is 33.4 Å². The van der Waals surface area contributed by atoms with Crippen molar-refractivity contribution < 1.29 is 4.79 Å². The van der Waals surface area contributed by atoms with E-state index in [4.69, 9.17) is 0 Å². The standard InChI is InChI=1S/C13H22O/c1-5-7-13(14)10-12(4)9-6-8-11(2)3/h5,8,12H,1,6-7,9-10H2,2-4H3. The number of carbonyl (C=O) groups excluding carboxylic acids is 1. The first-order chi connectivity index (χ1) is 6.56. The van der Waals surface area contributed by atoms with Crippen molar-refractivity contribution >= 4 is 5.78 Å². The van der Waals surface area contributed by atoms with Crippen LogP contribution in [0.2, 0.25) is 0 Å². The summed E-state index contributed by atoms with van der Waals surface area (Å²) in [5.74, 6) is 0.808. The number of Topliss-reactive ketones (excluding diaryl/α,β-unsaturated/α-hetero) is 1. The van der Waals surface area contributed by atoms with Crippen molar-refractivity contribution in [2.24, 2.45) is 5.92 Å². The molecule has 0 spiro atoms. The Kier molecular flexibility index (Phi) is 7.09. The maximum atomic E-state index is 11.3. The average Bonchev–Trinajstić information content (AvgIpc) is 2.03. The van der Waals surface area contributed by atoms with Crippen LogP contribution < -0.4 is 0 Å². The summed E-state index contributed by atoms with van der Waals surface area (Å²) < 4.78 is 0. The molecule has 0 amide bonds. The number of carbonyl (C=O) groups is 1. The lowest BCUT2D eigenvalue weighted by molar-refractivity contribution is -0.119. The highest BCUT2D eigenvalue weighted by atomic mass is 16.1. The summed E-state index contributed by atoms with van der Waals surface area (Å²) in [6.45, 7) is 9.91. The van der Waals surface area contributed by atoms with Crippen LogP contribution in [0, 0.1) is 5.92 Å². The van der Waals surface area contributed by atoms with E-state index in [9.17, 15) is 4.79 Å². The predicted molar refractivity (Wildman–Crippen MR) is 62.3 cm³/mol. The molecule has 1 atom stereocenters. The third-order valence-corrected chi connectivity index (χ3v) is 2.16. The van der Waals surface area contributed by atoms with Gasteiger partial charge in [-0.05, 0) is 32.6 Å². The Labute approximate surface area is 87.9 Å². The maximum absolute atomic E-state index is 11.3. The highest BCUT2D eigenvalue weighted by molar-refractivity contribution is 5.79. The monoisotopic (exact) mass is 194 g/mol. The van der Waals surface area contributed by atoms with E-state index in [-0.39, 0.29) is 0 Å². The van der Waals surface area contributed by atoms with Gasteiger partial charge in [-0.15, -0.1) is 6.58 Å². The van der Waals surface area contributed by atoms with Gasteiger partial charge in [-0.2, -0.15) is 0 Å². The van der Waals surface area contributed by atoms with Crippen LogP contribution >= 0.6 is 0 Å². The van der Waals surface area contributed by atoms with E-state index in [0.717, 1.165) is 12.8 Å². The van der Waals surface area contributed by atoms with E-state index in [1.807, 2.05) is 0 Å². The summed E-state index contributed by atoms with van der Waals surface area (Å²) >= 11 is 0. The van der Waals surface area contributed by atoms with E-state index in [0.29, 0.717) is 24.5 Å². The van der Waals surface area contributed by atoms with E-state index in [1.165, 1.54) is 5.57 Å².